The third kappa shape index (κ3) is 5.81. The minimum Gasteiger partial charge on any atom is -0.299 e. The van der Waals surface area contributed by atoms with Gasteiger partial charge in [-0.3, -0.25) is 9.69 Å². The van der Waals surface area contributed by atoms with Crippen LogP contribution < -0.4 is 0 Å². The van der Waals surface area contributed by atoms with Gasteiger partial charge in [-0.1, -0.05) is 20.8 Å². The monoisotopic (exact) mass is 293 g/mol. The molecule has 1 aliphatic carbocycles. The Labute approximate surface area is 119 Å². The van der Waals surface area contributed by atoms with Gasteiger partial charge in [0.15, 0.2) is 0 Å². The molecule has 0 radical (unpaired) electrons. The highest BCUT2D eigenvalue weighted by atomic mass is 19.4. The molecule has 0 aliphatic heterocycles. The van der Waals surface area contributed by atoms with Gasteiger partial charge in [-0.2, -0.15) is 13.2 Å². The molecule has 0 saturated heterocycles. The molecule has 1 saturated carbocycles. The molecule has 1 fully saturated rings. The summed E-state index contributed by atoms with van der Waals surface area (Å²) in [6, 6.07) is 0. The Morgan fingerprint density at radius 2 is 2.00 bits per heavy atom. The molecule has 0 aromatic carbocycles. The lowest BCUT2D eigenvalue weighted by Gasteiger charge is -2.34. The van der Waals surface area contributed by atoms with Gasteiger partial charge in [-0.15, -0.1) is 0 Å². The highest BCUT2D eigenvalue weighted by Crippen LogP contribution is 2.32. The first-order chi connectivity index (χ1) is 9.23. The van der Waals surface area contributed by atoms with Gasteiger partial charge in [0.25, 0.3) is 0 Å². The fraction of sp³-hybridized carbons (Fsp3) is 0.933. The topological polar surface area (TPSA) is 20.3 Å². The van der Waals surface area contributed by atoms with Crippen molar-refractivity contribution in [3.8, 4) is 0 Å². The maximum absolute atomic E-state index is 12.6. The molecule has 2 unspecified atom stereocenters. The molecular weight excluding hydrogens is 267 g/mol. The standard InChI is InChI=1S/C15H26F3NO/c1-4-7-19(10-15(16,17)18)9-13-8-12(11(2)3)5-6-14(13)20/h11-13H,4-10H2,1-3H3. The second kappa shape index (κ2) is 7.43. The van der Waals surface area contributed by atoms with Crippen molar-refractivity contribution in [2.75, 3.05) is 19.6 Å². The second-order valence-electron chi connectivity index (χ2n) is 6.29. The van der Waals surface area contributed by atoms with E-state index in [-0.39, 0.29) is 18.2 Å². The smallest absolute Gasteiger partial charge is 0.299 e. The summed E-state index contributed by atoms with van der Waals surface area (Å²) in [4.78, 5) is 13.4. The Hall–Kier alpha value is -0.580. The molecule has 1 aliphatic rings. The lowest BCUT2D eigenvalue weighted by atomic mass is 9.75. The molecule has 0 spiro atoms. The molecule has 0 aromatic heterocycles. The van der Waals surface area contributed by atoms with Crippen LogP contribution in [-0.2, 0) is 4.79 Å². The molecule has 0 amide bonds. The molecule has 5 heteroatoms. The maximum Gasteiger partial charge on any atom is 0.401 e. The minimum atomic E-state index is -4.19. The van der Waals surface area contributed by atoms with Crippen LogP contribution in [0.3, 0.4) is 0 Å². The highest BCUT2D eigenvalue weighted by molar-refractivity contribution is 5.82. The summed E-state index contributed by atoms with van der Waals surface area (Å²) in [6.07, 6.45) is -1.36. The van der Waals surface area contributed by atoms with E-state index >= 15 is 0 Å². The van der Waals surface area contributed by atoms with E-state index in [1.165, 1.54) is 4.90 Å². The Morgan fingerprint density at radius 1 is 1.35 bits per heavy atom. The summed E-state index contributed by atoms with van der Waals surface area (Å²) in [5.74, 6) is 0.884. The fourth-order valence-corrected chi connectivity index (χ4v) is 3.04. The number of alkyl halides is 3. The predicted octanol–water partition coefficient (Wildman–Crippen LogP) is 3.90. The van der Waals surface area contributed by atoms with Crippen LogP contribution in [0.1, 0.15) is 46.5 Å². The lowest BCUT2D eigenvalue weighted by Crippen LogP contribution is -2.42. The molecule has 0 aromatic rings. The van der Waals surface area contributed by atoms with Crippen LogP contribution in [0.15, 0.2) is 0 Å². The van der Waals surface area contributed by atoms with E-state index in [2.05, 4.69) is 13.8 Å². The molecule has 2 nitrogen and oxygen atoms in total. The number of hydrogen-bond donors (Lipinski definition) is 0. The second-order valence-corrected chi connectivity index (χ2v) is 6.29. The van der Waals surface area contributed by atoms with Crippen LogP contribution >= 0.6 is 0 Å². The van der Waals surface area contributed by atoms with Crippen molar-refractivity contribution in [2.45, 2.75) is 52.6 Å². The quantitative estimate of drug-likeness (QED) is 0.740. The predicted molar refractivity (Wildman–Crippen MR) is 73.5 cm³/mol. The molecule has 20 heavy (non-hydrogen) atoms. The number of Topliss-reactive ketones (excluding diaryl/α,β-unsaturated/α-hetero) is 1. The number of nitrogens with zero attached hydrogens (tertiary/aromatic N) is 1. The Kier molecular flexibility index (Phi) is 6.49. The van der Waals surface area contributed by atoms with E-state index in [1.54, 1.807) is 0 Å². The SMILES string of the molecule is CCCN(CC1CC(C(C)C)CCC1=O)CC(F)(F)F. The first-order valence-corrected chi connectivity index (χ1v) is 7.54. The molecule has 0 bridgehead atoms. The summed E-state index contributed by atoms with van der Waals surface area (Å²) >= 11 is 0. The minimum absolute atomic E-state index is 0.144. The zero-order valence-electron chi connectivity index (χ0n) is 12.7. The molecule has 118 valence electrons. The molecule has 0 heterocycles. The highest BCUT2D eigenvalue weighted by Gasteiger charge is 2.35. The van der Waals surface area contributed by atoms with Crippen LogP contribution in [0, 0.1) is 17.8 Å². The van der Waals surface area contributed by atoms with Crippen molar-refractivity contribution >= 4 is 5.78 Å². The average molecular weight is 293 g/mol. The summed E-state index contributed by atoms with van der Waals surface area (Å²) in [7, 11) is 0. The zero-order valence-corrected chi connectivity index (χ0v) is 12.7. The number of carbonyl (C=O) groups excluding carboxylic acids is 1. The van der Waals surface area contributed by atoms with Crippen molar-refractivity contribution in [2.24, 2.45) is 17.8 Å². The first-order valence-electron chi connectivity index (χ1n) is 7.54. The van der Waals surface area contributed by atoms with Crippen molar-refractivity contribution < 1.29 is 18.0 Å². The van der Waals surface area contributed by atoms with E-state index in [9.17, 15) is 18.0 Å². The molecule has 0 N–H and O–H groups in total. The third-order valence-electron chi connectivity index (χ3n) is 4.17. The summed E-state index contributed by atoms with van der Waals surface area (Å²) in [5, 5.41) is 0. The summed E-state index contributed by atoms with van der Waals surface area (Å²) in [6.45, 7) is 5.86. The van der Waals surface area contributed by atoms with E-state index < -0.39 is 12.7 Å². The van der Waals surface area contributed by atoms with Crippen LogP contribution in [0.4, 0.5) is 13.2 Å². The summed E-state index contributed by atoms with van der Waals surface area (Å²) < 4.78 is 37.7. The van der Waals surface area contributed by atoms with Crippen molar-refractivity contribution in [1.29, 1.82) is 0 Å². The number of ketones is 1. The Bertz CT molecular complexity index is 315. The van der Waals surface area contributed by atoms with Crippen molar-refractivity contribution in [3.63, 3.8) is 0 Å². The number of carbonyl (C=O) groups is 1. The zero-order chi connectivity index (χ0) is 15.3. The largest absolute Gasteiger partial charge is 0.401 e. The molecular formula is C15H26F3NO. The number of hydrogen-bond acceptors (Lipinski definition) is 2. The average Bonchev–Trinajstić information content (AvgIpc) is 2.29. The van der Waals surface area contributed by atoms with Crippen molar-refractivity contribution in [1.82, 2.24) is 4.90 Å². The Balaban J connectivity index is 2.63. The maximum atomic E-state index is 12.6. The van der Waals surface area contributed by atoms with Crippen LogP contribution in [-0.4, -0.2) is 36.5 Å². The first kappa shape index (κ1) is 17.5. The number of rotatable bonds is 6. The van der Waals surface area contributed by atoms with E-state index in [4.69, 9.17) is 0 Å². The fourth-order valence-electron chi connectivity index (χ4n) is 3.04. The van der Waals surface area contributed by atoms with Gasteiger partial charge in [0.05, 0.1) is 6.54 Å². The van der Waals surface area contributed by atoms with Gasteiger partial charge >= 0.3 is 6.18 Å². The van der Waals surface area contributed by atoms with Crippen LogP contribution in [0.2, 0.25) is 0 Å². The van der Waals surface area contributed by atoms with E-state index in [0.29, 0.717) is 31.2 Å². The third-order valence-corrected chi connectivity index (χ3v) is 4.17. The van der Waals surface area contributed by atoms with Gasteiger partial charge in [-0.25, -0.2) is 0 Å². The van der Waals surface area contributed by atoms with Gasteiger partial charge < -0.3 is 0 Å². The van der Waals surface area contributed by atoms with Crippen molar-refractivity contribution in [3.05, 3.63) is 0 Å². The lowest BCUT2D eigenvalue weighted by molar-refractivity contribution is -0.150. The van der Waals surface area contributed by atoms with Gasteiger partial charge in [0.2, 0.25) is 0 Å². The van der Waals surface area contributed by atoms with Gasteiger partial charge in [0, 0.05) is 18.9 Å². The van der Waals surface area contributed by atoms with Crippen LogP contribution in [0.25, 0.3) is 0 Å². The summed E-state index contributed by atoms with van der Waals surface area (Å²) in [5.41, 5.74) is 0. The number of halogens is 3. The Morgan fingerprint density at radius 3 is 2.50 bits per heavy atom. The van der Waals surface area contributed by atoms with E-state index in [1.807, 2.05) is 6.92 Å². The van der Waals surface area contributed by atoms with Gasteiger partial charge in [-0.05, 0) is 37.6 Å². The molecule has 2 atom stereocenters. The molecule has 1 rings (SSSR count). The van der Waals surface area contributed by atoms with E-state index in [0.717, 1.165) is 12.8 Å². The van der Waals surface area contributed by atoms with Gasteiger partial charge in [0.1, 0.15) is 5.78 Å². The van der Waals surface area contributed by atoms with Crippen LogP contribution in [0.5, 0.6) is 0 Å². The normalized spacial score (nSPS) is 24.7.